The van der Waals surface area contributed by atoms with Gasteiger partial charge in [0.1, 0.15) is 6.61 Å². The fourth-order valence-corrected chi connectivity index (χ4v) is 1.75. The number of halogens is 1. The van der Waals surface area contributed by atoms with E-state index in [1.807, 2.05) is 31.2 Å². The standard InChI is InChI=1S/C15H14ClNO2/c1-10-2-4-11(5-3-10)9-19-15(18)12-6-7-14(17)13(16)8-12/h2-8H,9,17H2,1H3. The van der Waals surface area contributed by atoms with Crippen molar-refractivity contribution in [3.63, 3.8) is 0 Å². The van der Waals surface area contributed by atoms with E-state index < -0.39 is 5.97 Å². The van der Waals surface area contributed by atoms with E-state index in [1.165, 1.54) is 11.6 Å². The zero-order chi connectivity index (χ0) is 13.8. The summed E-state index contributed by atoms with van der Waals surface area (Å²) in [6.45, 7) is 2.24. The molecule has 0 radical (unpaired) electrons. The van der Waals surface area contributed by atoms with Crippen LogP contribution in [0.25, 0.3) is 0 Å². The molecule has 0 aliphatic carbocycles. The lowest BCUT2D eigenvalue weighted by molar-refractivity contribution is 0.0473. The molecule has 2 N–H and O–H groups in total. The Morgan fingerprint density at radius 3 is 2.53 bits per heavy atom. The van der Waals surface area contributed by atoms with Gasteiger partial charge in [-0.2, -0.15) is 0 Å². The number of anilines is 1. The average molecular weight is 276 g/mol. The van der Waals surface area contributed by atoms with Crippen molar-refractivity contribution in [3.8, 4) is 0 Å². The van der Waals surface area contributed by atoms with Gasteiger partial charge in [-0.05, 0) is 30.7 Å². The lowest BCUT2D eigenvalue weighted by Gasteiger charge is -2.06. The summed E-state index contributed by atoms with van der Waals surface area (Å²) >= 11 is 5.86. The van der Waals surface area contributed by atoms with E-state index in [2.05, 4.69) is 0 Å². The molecule has 0 aromatic heterocycles. The minimum absolute atomic E-state index is 0.237. The van der Waals surface area contributed by atoms with Crippen molar-refractivity contribution in [1.29, 1.82) is 0 Å². The van der Waals surface area contributed by atoms with Crippen LogP contribution in [0.5, 0.6) is 0 Å². The molecule has 3 nitrogen and oxygen atoms in total. The van der Waals surface area contributed by atoms with E-state index in [4.69, 9.17) is 22.1 Å². The molecule has 0 saturated carbocycles. The number of hydrogen-bond acceptors (Lipinski definition) is 3. The van der Waals surface area contributed by atoms with Gasteiger partial charge in [-0.25, -0.2) is 4.79 Å². The normalized spacial score (nSPS) is 10.2. The van der Waals surface area contributed by atoms with Crippen LogP contribution < -0.4 is 5.73 Å². The Morgan fingerprint density at radius 2 is 1.89 bits per heavy atom. The minimum atomic E-state index is -0.414. The van der Waals surface area contributed by atoms with Crippen molar-refractivity contribution in [2.45, 2.75) is 13.5 Å². The van der Waals surface area contributed by atoms with Gasteiger partial charge < -0.3 is 10.5 Å². The third-order valence-corrected chi connectivity index (χ3v) is 3.05. The van der Waals surface area contributed by atoms with Crippen LogP contribution >= 0.6 is 11.6 Å². The lowest BCUT2D eigenvalue weighted by atomic mass is 10.2. The van der Waals surface area contributed by atoms with Crippen LogP contribution in [0.1, 0.15) is 21.5 Å². The van der Waals surface area contributed by atoms with Gasteiger partial charge in [-0.15, -0.1) is 0 Å². The minimum Gasteiger partial charge on any atom is -0.457 e. The summed E-state index contributed by atoms with van der Waals surface area (Å²) in [7, 11) is 0. The highest BCUT2D eigenvalue weighted by Crippen LogP contribution is 2.20. The zero-order valence-corrected chi connectivity index (χ0v) is 11.3. The number of benzene rings is 2. The van der Waals surface area contributed by atoms with Crippen LogP contribution in [-0.2, 0) is 11.3 Å². The van der Waals surface area contributed by atoms with Crippen LogP contribution in [0.2, 0.25) is 5.02 Å². The number of ether oxygens (including phenoxy) is 1. The quantitative estimate of drug-likeness (QED) is 0.688. The summed E-state index contributed by atoms with van der Waals surface area (Å²) in [6.07, 6.45) is 0. The molecule has 19 heavy (non-hydrogen) atoms. The third-order valence-electron chi connectivity index (χ3n) is 2.73. The summed E-state index contributed by atoms with van der Waals surface area (Å²) < 4.78 is 5.21. The summed E-state index contributed by atoms with van der Waals surface area (Å²) in [5.74, 6) is -0.414. The van der Waals surface area contributed by atoms with Crippen molar-refractivity contribution in [2.75, 3.05) is 5.73 Å². The molecule has 0 amide bonds. The fraction of sp³-hybridized carbons (Fsp3) is 0.133. The first-order valence-corrected chi connectivity index (χ1v) is 6.22. The number of carbonyl (C=O) groups is 1. The van der Waals surface area contributed by atoms with E-state index in [0.29, 0.717) is 16.3 Å². The van der Waals surface area contributed by atoms with Crippen LogP contribution in [0.15, 0.2) is 42.5 Å². The van der Waals surface area contributed by atoms with Crippen molar-refractivity contribution in [1.82, 2.24) is 0 Å². The van der Waals surface area contributed by atoms with E-state index in [-0.39, 0.29) is 6.61 Å². The summed E-state index contributed by atoms with van der Waals surface area (Å²) in [5, 5.41) is 0.352. The molecule has 0 spiro atoms. The van der Waals surface area contributed by atoms with Crippen LogP contribution in [0.4, 0.5) is 5.69 Å². The van der Waals surface area contributed by atoms with E-state index >= 15 is 0 Å². The highest BCUT2D eigenvalue weighted by atomic mass is 35.5. The number of carbonyl (C=O) groups excluding carboxylic acids is 1. The number of nitrogens with two attached hydrogens (primary N) is 1. The average Bonchev–Trinajstić information content (AvgIpc) is 2.41. The van der Waals surface area contributed by atoms with Gasteiger partial charge in [-0.3, -0.25) is 0 Å². The Kier molecular flexibility index (Phi) is 4.07. The first-order valence-electron chi connectivity index (χ1n) is 5.84. The monoisotopic (exact) mass is 275 g/mol. The maximum Gasteiger partial charge on any atom is 0.338 e. The van der Waals surface area contributed by atoms with Gasteiger partial charge in [0.15, 0.2) is 0 Å². The van der Waals surface area contributed by atoms with Crippen molar-refractivity contribution < 1.29 is 9.53 Å². The molecular formula is C15H14ClNO2. The summed E-state index contributed by atoms with van der Waals surface area (Å²) in [5.41, 5.74) is 8.53. The number of rotatable bonds is 3. The van der Waals surface area contributed by atoms with Gasteiger partial charge >= 0.3 is 5.97 Å². The zero-order valence-electron chi connectivity index (χ0n) is 10.5. The lowest BCUT2D eigenvalue weighted by Crippen LogP contribution is -2.05. The second kappa shape index (κ2) is 5.76. The first kappa shape index (κ1) is 13.4. The Morgan fingerprint density at radius 1 is 1.21 bits per heavy atom. The maximum atomic E-state index is 11.8. The molecule has 0 aliphatic heterocycles. The van der Waals surface area contributed by atoms with Gasteiger partial charge in [0.05, 0.1) is 16.3 Å². The number of esters is 1. The van der Waals surface area contributed by atoms with E-state index in [9.17, 15) is 4.79 Å². The van der Waals surface area contributed by atoms with Gasteiger partial charge in [0.25, 0.3) is 0 Å². The molecule has 0 heterocycles. The highest BCUT2D eigenvalue weighted by molar-refractivity contribution is 6.33. The van der Waals surface area contributed by atoms with Crippen LogP contribution in [0, 0.1) is 6.92 Å². The van der Waals surface area contributed by atoms with Crippen LogP contribution in [0.3, 0.4) is 0 Å². The molecule has 0 unspecified atom stereocenters. The van der Waals surface area contributed by atoms with Crippen molar-refractivity contribution in [2.24, 2.45) is 0 Å². The molecule has 2 aromatic rings. The molecule has 0 saturated heterocycles. The maximum absolute atomic E-state index is 11.8. The molecule has 0 bridgehead atoms. The highest BCUT2D eigenvalue weighted by Gasteiger charge is 2.09. The number of hydrogen-bond donors (Lipinski definition) is 1. The summed E-state index contributed by atoms with van der Waals surface area (Å²) in [4.78, 5) is 11.8. The Labute approximate surface area is 117 Å². The van der Waals surface area contributed by atoms with Crippen molar-refractivity contribution in [3.05, 3.63) is 64.2 Å². The fourth-order valence-electron chi connectivity index (χ4n) is 1.57. The molecule has 2 rings (SSSR count). The van der Waals surface area contributed by atoms with Gasteiger partial charge in [0.2, 0.25) is 0 Å². The third kappa shape index (κ3) is 3.48. The Balaban J connectivity index is 2.01. The number of nitrogen functional groups attached to an aromatic ring is 1. The first-order chi connectivity index (χ1) is 9.06. The smallest absolute Gasteiger partial charge is 0.338 e. The Bertz CT molecular complexity index is 594. The molecule has 2 aromatic carbocycles. The van der Waals surface area contributed by atoms with Gasteiger partial charge in [0, 0.05) is 0 Å². The largest absolute Gasteiger partial charge is 0.457 e. The topological polar surface area (TPSA) is 52.3 Å². The number of aryl methyl sites for hydroxylation is 1. The summed E-state index contributed by atoms with van der Waals surface area (Å²) in [6, 6.07) is 12.5. The molecule has 98 valence electrons. The van der Waals surface area contributed by atoms with E-state index in [1.54, 1.807) is 12.1 Å². The second-order valence-corrected chi connectivity index (χ2v) is 4.71. The predicted molar refractivity (Wildman–Crippen MR) is 76.2 cm³/mol. The second-order valence-electron chi connectivity index (χ2n) is 4.30. The molecule has 0 aliphatic rings. The molecule has 0 atom stereocenters. The molecule has 4 heteroatoms. The predicted octanol–water partition coefficient (Wildman–Crippen LogP) is 3.59. The van der Waals surface area contributed by atoms with Gasteiger partial charge in [-0.1, -0.05) is 41.4 Å². The molecule has 0 fully saturated rings. The Hall–Kier alpha value is -2.00. The van der Waals surface area contributed by atoms with Crippen molar-refractivity contribution >= 4 is 23.3 Å². The molecular weight excluding hydrogens is 262 g/mol. The van der Waals surface area contributed by atoms with Crippen LogP contribution in [-0.4, -0.2) is 5.97 Å². The van der Waals surface area contributed by atoms with E-state index in [0.717, 1.165) is 5.56 Å². The SMILES string of the molecule is Cc1ccc(COC(=O)c2ccc(N)c(Cl)c2)cc1.